The van der Waals surface area contributed by atoms with Crippen molar-refractivity contribution in [2.24, 2.45) is 4.99 Å². The highest BCUT2D eigenvalue weighted by Gasteiger charge is 2.17. The van der Waals surface area contributed by atoms with E-state index in [1.54, 1.807) is 25.9 Å². The zero-order valence-corrected chi connectivity index (χ0v) is 19.1. The summed E-state index contributed by atoms with van der Waals surface area (Å²) in [4.78, 5) is 20.6. The zero-order valence-electron chi connectivity index (χ0n) is 18.3. The first-order valence-corrected chi connectivity index (χ1v) is 10.6. The quantitative estimate of drug-likeness (QED) is 0.611. The Bertz CT molecular complexity index is 1280. The van der Waals surface area contributed by atoms with Gasteiger partial charge in [-0.25, -0.2) is 4.99 Å². The molecule has 0 amide bonds. The Balaban J connectivity index is 1.73. The van der Waals surface area contributed by atoms with E-state index in [1.807, 2.05) is 18.2 Å². The maximum absolute atomic E-state index is 13.1. The molecule has 2 heterocycles. The van der Waals surface area contributed by atoms with Gasteiger partial charge in [0.1, 0.15) is 13.3 Å². The Labute approximate surface area is 184 Å². The zero-order chi connectivity index (χ0) is 22.1. The summed E-state index contributed by atoms with van der Waals surface area (Å²) in [6.07, 6.45) is 1.83. The Morgan fingerprint density at radius 1 is 1.00 bits per heavy atom. The van der Waals surface area contributed by atoms with Crippen molar-refractivity contribution in [3.63, 3.8) is 0 Å². The highest BCUT2D eigenvalue weighted by atomic mass is 32.1. The van der Waals surface area contributed by atoms with E-state index in [2.05, 4.69) is 41.9 Å². The van der Waals surface area contributed by atoms with Crippen molar-refractivity contribution < 1.29 is 14.2 Å². The summed E-state index contributed by atoms with van der Waals surface area (Å²) in [5, 5.41) is 0. The minimum absolute atomic E-state index is 0.0639. The van der Waals surface area contributed by atoms with Gasteiger partial charge in [0.05, 0.1) is 25.9 Å². The fourth-order valence-corrected chi connectivity index (χ4v) is 4.50. The predicted molar refractivity (Wildman–Crippen MR) is 122 cm³/mol. The molecular weight excluding hydrogens is 414 g/mol. The van der Waals surface area contributed by atoms with Crippen LogP contribution in [0.5, 0.6) is 17.2 Å². The van der Waals surface area contributed by atoms with Crippen molar-refractivity contribution in [1.29, 1.82) is 0 Å². The smallest absolute Gasteiger partial charge is 0.271 e. The van der Waals surface area contributed by atoms with Crippen molar-refractivity contribution in [1.82, 2.24) is 4.57 Å². The van der Waals surface area contributed by atoms with Crippen molar-refractivity contribution in [2.45, 2.75) is 20.5 Å². The van der Waals surface area contributed by atoms with Crippen molar-refractivity contribution >= 4 is 23.1 Å². The molecule has 4 rings (SSSR count). The van der Waals surface area contributed by atoms with Gasteiger partial charge < -0.3 is 19.1 Å². The van der Waals surface area contributed by atoms with Gasteiger partial charge in [-0.15, -0.1) is 0 Å². The van der Waals surface area contributed by atoms with Crippen LogP contribution in [0.3, 0.4) is 0 Å². The number of thiazole rings is 1. The first-order chi connectivity index (χ1) is 14.9. The van der Waals surface area contributed by atoms with E-state index < -0.39 is 0 Å². The molecule has 0 atom stereocenters. The second-order valence-electron chi connectivity index (χ2n) is 7.33. The average molecular weight is 440 g/mol. The highest BCUT2D eigenvalue weighted by Crippen LogP contribution is 2.38. The van der Waals surface area contributed by atoms with Crippen LogP contribution in [0.4, 0.5) is 5.69 Å². The van der Waals surface area contributed by atoms with Gasteiger partial charge in [-0.1, -0.05) is 17.4 Å². The van der Waals surface area contributed by atoms with Crippen molar-refractivity contribution in [3.8, 4) is 17.2 Å². The fourth-order valence-electron chi connectivity index (χ4n) is 3.53. The van der Waals surface area contributed by atoms with E-state index in [1.165, 1.54) is 22.5 Å². The summed E-state index contributed by atoms with van der Waals surface area (Å²) in [6, 6.07) is 9.95. The molecule has 2 aromatic carbocycles. The maximum Gasteiger partial charge on any atom is 0.271 e. The van der Waals surface area contributed by atoms with Crippen LogP contribution in [0.15, 0.2) is 40.1 Å². The number of rotatable bonds is 5. The number of anilines is 1. The van der Waals surface area contributed by atoms with Crippen molar-refractivity contribution in [2.75, 3.05) is 32.9 Å². The molecule has 0 saturated carbocycles. The minimum Gasteiger partial charge on any atom is -0.493 e. The number of aromatic nitrogens is 1. The van der Waals surface area contributed by atoms with Gasteiger partial charge in [-0.2, -0.15) is 0 Å². The van der Waals surface area contributed by atoms with E-state index in [-0.39, 0.29) is 5.56 Å². The van der Waals surface area contributed by atoms with Crippen molar-refractivity contribution in [3.05, 3.63) is 66.7 Å². The molecule has 1 aliphatic rings. The molecule has 31 heavy (non-hydrogen) atoms. The largest absolute Gasteiger partial charge is 0.493 e. The van der Waals surface area contributed by atoms with E-state index in [0.29, 0.717) is 35.1 Å². The highest BCUT2D eigenvalue weighted by molar-refractivity contribution is 7.07. The first kappa shape index (κ1) is 21.0. The standard InChI is InChI=1S/C23H25N3O4S/c1-14-6-7-17(8-15(14)2)25-12-24-23-26(13-25)22(27)20(31-23)11-16-9-18(28-3)21(30-5)19(10-16)29-4/h6-11H,12-13H2,1-5H3/b20-11-. The number of ether oxygens (including phenoxy) is 3. The second kappa shape index (κ2) is 8.47. The van der Waals surface area contributed by atoms with Gasteiger partial charge in [0, 0.05) is 5.69 Å². The second-order valence-corrected chi connectivity index (χ2v) is 8.34. The van der Waals surface area contributed by atoms with Gasteiger partial charge in [0.25, 0.3) is 5.56 Å². The first-order valence-electron chi connectivity index (χ1n) is 9.83. The van der Waals surface area contributed by atoms with E-state index in [0.717, 1.165) is 16.1 Å². The molecule has 0 radical (unpaired) electrons. The lowest BCUT2D eigenvalue weighted by atomic mass is 10.1. The summed E-state index contributed by atoms with van der Waals surface area (Å²) in [7, 11) is 4.70. The van der Waals surface area contributed by atoms with Crippen LogP contribution in [0.25, 0.3) is 6.08 Å². The third-order valence-electron chi connectivity index (χ3n) is 5.42. The Hall–Kier alpha value is -3.26. The lowest BCUT2D eigenvalue weighted by Gasteiger charge is -2.26. The van der Waals surface area contributed by atoms with Gasteiger partial charge in [0.2, 0.25) is 5.75 Å². The molecule has 7 nitrogen and oxygen atoms in total. The monoisotopic (exact) mass is 439 g/mol. The Morgan fingerprint density at radius 3 is 2.32 bits per heavy atom. The average Bonchev–Trinajstić information content (AvgIpc) is 3.09. The number of methoxy groups -OCH3 is 3. The van der Waals surface area contributed by atoms with Gasteiger partial charge >= 0.3 is 0 Å². The van der Waals surface area contributed by atoms with E-state index in [9.17, 15) is 4.79 Å². The topological polar surface area (TPSA) is 65.3 Å². The third-order valence-corrected chi connectivity index (χ3v) is 6.46. The lowest BCUT2D eigenvalue weighted by molar-refractivity contribution is 0.324. The molecule has 0 spiro atoms. The molecule has 1 aromatic heterocycles. The molecule has 3 aromatic rings. The lowest BCUT2D eigenvalue weighted by Crippen LogP contribution is -2.42. The van der Waals surface area contributed by atoms with Gasteiger partial charge in [0.15, 0.2) is 16.3 Å². The molecular formula is C23H25N3O4S. The van der Waals surface area contributed by atoms with Gasteiger partial charge in [-0.05, 0) is 60.9 Å². The van der Waals surface area contributed by atoms with Crippen LogP contribution < -0.4 is 34.0 Å². The minimum atomic E-state index is -0.0639. The third kappa shape index (κ3) is 3.90. The molecule has 0 aliphatic carbocycles. The molecule has 162 valence electrons. The molecule has 0 fully saturated rings. The summed E-state index contributed by atoms with van der Waals surface area (Å²) >= 11 is 1.39. The van der Waals surface area contributed by atoms with Crippen LogP contribution in [0.2, 0.25) is 0 Å². The maximum atomic E-state index is 13.1. The SMILES string of the molecule is COc1cc(/C=c2\sc3n(c2=O)CN(c2ccc(C)c(C)c2)CN=3)cc(OC)c1OC. The number of benzene rings is 2. The summed E-state index contributed by atoms with van der Waals surface area (Å²) in [5.74, 6) is 1.60. The van der Waals surface area contributed by atoms with Crippen LogP contribution in [0, 0.1) is 13.8 Å². The van der Waals surface area contributed by atoms with Crippen LogP contribution in [0.1, 0.15) is 16.7 Å². The van der Waals surface area contributed by atoms with Gasteiger partial charge in [-0.3, -0.25) is 9.36 Å². The summed E-state index contributed by atoms with van der Waals surface area (Å²) in [6.45, 7) is 5.17. The van der Waals surface area contributed by atoms with E-state index >= 15 is 0 Å². The molecule has 1 aliphatic heterocycles. The molecule has 0 unspecified atom stereocenters. The molecule has 0 saturated heterocycles. The molecule has 0 N–H and O–H groups in total. The van der Waals surface area contributed by atoms with Crippen LogP contribution >= 0.6 is 11.3 Å². The predicted octanol–water partition coefficient (Wildman–Crippen LogP) is 2.44. The molecule has 0 bridgehead atoms. The normalized spacial score (nSPS) is 13.6. The number of aryl methyl sites for hydroxylation is 2. The molecule has 8 heteroatoms. The summed E-state index contributed by atoms with van der Waals surface area (Å²) < 4.78 is 18.5. The Kier molecular flexibility index (Phi) is 5.73. The fraction of sp³-hybridized carbons (Fsp3) is 0.304. The number of fused-ring (bicyclic) bond motifs is 1. The number of hydrogen-bond acceptors (Lipinski definition) is 7. The number of nitrogens with zero attached hydrogens (tertiary/aromatic N) is 3. The van der Waals surface area contributed by atoms with E-state index in [4.69, 9.17) is 14.2 Å². The Morgan fingerprint density at radius 2 is 1.71 bits per heavy atom. The number of hydrogen-bond donors (Lipinski definition) is 0. The summed E-state index contributed by atoms with van der Waals surface area (Å²) in [5.41, 5.74) is 4.25. The van der Waals surface area contributed by atoms with Crippen LogP contribution in [-0.4, -0.2) is 32.6 Å². The van der Waals surface area contributed by atoms with Crippen LogP contribution in [-0.2, 0) is 6.67 Å².